The van der Waals surface area contributed by atoms with E-state index in [1.54, 1.807) is 0 Å². The molecule has 0 aromatic carbocycles. The average molecular weight is 357 g/mol. The molecule has 1 atom stereocenters. The smallest absolute Gasteiger partial charge is 0.254 e. The number of nitrogens with zero attached hydrogens (tertiary/aromatic N) is 1. The number of hydrogen-bond acceptors (Lipinski definition) is 3. The van der Waals surface area contributed by atoms with Crippen molar-refractivity contribution < 1.29 is 4.79 Å². The number of H-pyrrole nitrogens is 1. The minimum absolute atomic E-state index is 0.0277. The van der Waals surface area contributed by atoms with E-state index in [2.05, 4.69) is 22.2 Å². The molecule has 0 unspecified atom stereocenters. The number of carbonyl (C=O) groups excluding carboxylic acids is 1. The fraction of sp³-hybridized carbons (Fsp3) is 0.762. The maximum absolute atomic E-state index is 12.6. The third-order valence-electron chi connectivity index (χ3n) is 7.33. The lowest BCUT2D eigenvalue weighted by Crippen LogP contribution is -2.56. The van der Waals surface area contributed by atoms with Crippen LogP contribution in [0.3, 0.4) is 0 Å². The van der Waals surface area contributed by atoms with Crippen LogP contribution in [0, 0.1) is 30.1 Å². The van der Waals surface area contributed by atoms with E-state index in [1.165, 1.54) is 38.5 Å². The first kappa shape index (κ1) is 17.7. The zero-order valence-corrected chi connectivity index (χ0v) is 16.2. The highest BCUT2D eigenvalue weighted by Gasteiger charge is 2.53. The number of amides is 1. The van der Waals surface area contributed by atoms with Crippen LogP contribution in [0.15, 0.2) is 4.79 Å². The molecular formula is C21H31N3O2. The van der Waals surface area contributed by atoms with Gasteiger partial charge >= 0.3 is 0 Å². The molecule has 0 saturated heterocycles. The third-order valence-corrected chi connectivity index (χ3v) is 7.33. The van der Waals surface area contributed by atoms with Gasteiger partial charge in [0.2, 0.25) is 5.91 Å². The largest absolute Gasteiger partial charge is 0.353 e. The van der Waals surface area contributed by atoms with Gasteiger partial charge in [-0.2, -0.15) is 0 Å². The fourth-order valence-corrected chi connectivity index (χ4v) is 6.47. The van der Waals surface area contributed by atoms with Gasteiger partial charge in [-0.25, -0.2) is 4.98 Å². The maximum atomic E-state index is 12.6. The summed E-state index contributed by atoms with van der Waals surface area (Å²) < 4.78 is 0. The predicted octanol–water partition coefficient (Wildman–Crippen LogP) is 2.90. The Morgan fingerprint density at radius 3 is 2.31 bits per heavy atom. The van der Waals surface area contributed by atoms with Crippen molar-refractivity contribution in [2.45, 2.75) is 78.2 Å². The van der Waals surface area contributed by atoms with E-state index >= 15 is 0 Å². The molecule has 26 heavy (non-hydrogen) atoms. The van der Waals surface area contributed by atoms with Crippen LogP contribution in [0.2, 0.25) is 0 Å². The van der Waals surface area contributed by atoms with Gasteiger partial charge in [-0.05, 0) is 82.0 Å². The zero-order valence-electron chi connectivity index (χ0n) is 16.2. The van der Waals surface area contributed by atoms with Crippen molar-refractivity contribution in [1.29, 1.82) is 0 Å². The number of nitrogens with one attached hydrogen (secondary N) is 2. The molecule has 1 aromatic heterocycles. The Morgan fingerprint density at radius 2 is 1.81 bits per heavy atom. The molecule has 1 amide bonds. The van der Waals surface area contributed by atoms with Crippen LogP contribution in [-0.2, 0) is 17.6 Å². The Labute approximate surface area is 155 Å². The molecule has 4 bridgehead atoms. The summed E-state index contributed by atoms with van der Waals surface area (Å²) >= 11 is 0. The Kier molecular flexibility index (Phi) is 4.44. The van der Waals surface area contributed by atoms with Crippen molar-refractivity contribution in [3.05, 3.63) is 27.4 Å². The van der Waals surface area contributed by atoms with Crippen molar-refractivity contribution >= 4 is 5.91 Å². The van der Waals surface area contributed by atoms with Gasteiger partial charge in [-0.3, -0.25) is 9.59 Å². The summed E-state index contributed by atoms with van der Waals surface area (Å²) in [5, 5.41) is 3.25. The van der Waals surface area contributed by atoms with Crippen LogP contribution in [0.1, 0.15) is 69.5 Å². The first-order valence-corrected chi connectivity index (χ1v) is 10.3. The molecule has 0 aliphatic heterocycles. The van der Waals surface area contributed by atoms with Gasteiger partial charge in [-0.15, -0.1) is 0 Å². The highest BCUT2D eigenvalue weighted by Crippen LogP contribution is 2.61. The van der Waals surface area contributed by atoms with Gasteiger partial charge in [0.25, 0.3) is 5.56 Å². The Balaban J connectivity index is 1.43. The minimum atomic E-state index is -0.114. The molecule has 5 nitrogen and oxygen atoms in total. The highest BCUT2D eigenvalue weighted by molar-refractivity contribution is 5.78. The number of aryl methyl sites for hydroxylation is 1. The van der Waals surface area contributed by atoms with Crippen LogP contribution < -0.4 is 10.9 Å². The van der Waals surface area contributed by atoms with Crippen LogP contribution in [0.4, 0.5) is 0 Å². The van der Waals surface area contributed by atoms with Gasteiger partial charge in [-0.1, -0.05) is 6.92 Å². The quantitative estimate of drug-likeness (QED) is 0.851. The van der Waals surface area contributed by atoms with Gasteiger partial charge < -0.3 is 10.3 Å². The Morgan fingerprint density at radius 1 is 1.23 bits per heavy atom. The van der Waals surface area contributed by atoms with E-state index in [9.17, 15) is 9.59 Å². The standard InChI is InChI=1S/C21H31N3O2/c1-4-17-12(2)22-18(24-20(17)26)8-19(25)23-13(3)21-9-14-5-15(10-21)7-16(6-14)11-21/h13-16H,4-11H2,1-3H3,(H,23,25)(H,22,24,26)/t13-,14?,15?,16?,21?/m1/s1. The second-order valence-corrected chi connectivity index (χ2v) is 9.18. The first-order chi connectivity index (χ1) is 12.4. The predicted molar refractivity (Wildman–Crippen MR) is 101 cm³/mol. The molecule has 142 valence electrons. The summed E-state index contributed by atoms with van der Waals surface area (Å²) in [7, 11) is 0. The molecule has 4 fully saturated rings. The van der Waals surface area contributed by atoms with Crippen LogP contribution >= 0.6 is 0 Å². The minimum Gasteiger partial charge on any atom is -0.353 e. The average Bonchev–Trinajstić information content (AvgIpc) is 2.53. The van der Waals surface area contributed by atoms with Crippen LogP contribution in [0.25, 0.3) is 0 Å². The molecule has 5 rings (SSSR count). The molecule has 4 aliphatic rings. The molecule has 5 heteroatoms. The van der Waals surface area contributed by atoms with Gasteiger partial charge in [0.05, 0.1) is 6.42 Å². The van der Waals surface area contributed by atoms with Crippen molar-refractivity contribution in [3.8, 4) is 0 Å². The SMILES string of the molecule is CCc1c(C)nc(CC(=O)N[C@H](C)C23CC4CC(CC(C4)C2)C3)[nH]c1=O. The maximum Gasteiger partial charge on any atom is 0.254 e. The highest BCUT2D eigenvalue weighted by atomic mass is 16.1. The molecule has 0 spiro atoms. The molecule has 4 saturated carbocycles. The van der Waals surface area contributed by atoms with Crippen molar-refractivity contribution in [1.82, 2.24) is 15.3 Å². The summed E-state index contributed by atoms with van der Waals surface area (Å²) in [6.45, 7) is 5.97. The number of aromatic amines is 1. The third kappa shape index (κ3) is 3.10. The normalized spacial score (nSPS) is 33.3. The van der Waals surface area contributed by atoms with E-state index in [-0.39, 0.29) is 23.9 Å². The van der Waals surface area contributed by atoms with E-state index in [0.717, 1.165) is 23.4 Å². The van der Waals surface area contributed by atoms with Gasteiger partial charge in [0, 0.05) is 17.3 Å². The van der Waals surface area contributed by atoms with Gasteiger partial charge in [0.1, 0.15) is 5.82 Å². The lowest BCUT2D eigenvalue weighted by atomic mass is 9.48. The van der Waals surface area contributed by atoms with E-state index < -0.39 is 0 Å². The van der Waals surface area contributed by atoms with Gasteiger partial charge in [0.15, 0.2) is 0 Å². The summed E-state index contributed by atoms with van der Waals surface area (Å²) in [5.41, 5.74) is 1.62. The van der Waals surface area contributed by atoms with Crippen LogP contribution in [-0.4, -0.2) is 21.9 Å². The first-order valence-electron chi connectivity index (χ1n) is 10.3. The molecule has 0 radical (unpaired) electrons. The van der Waals surface area contributed by atoms with Crippen molar-refractivity contribution in [2.75, 3.05) is 0 Å². The zero-order chi connectivity index (χ0) is 18.5. The lowest BCUT2D eigenvalue weighted by molar-refractivity contribution is -0.125. The summed E-state index contributed by atoms with van der Waals surface area (Å²) in [6.07, 6.45) is 8.87. The second-order valence-electron chi connectivity index (χ2n) is 9.18. The number of aromatic nitrogens is 2. The number of rotatable bonds is 5. The summed E-state index contributed by atoms with van der Waals surface area (Å²) in [6, 6.07) is 0.200. The second kappa shape index (κ2) is 6.50. The molecule has 1 aromatic rings. The summed E-state index contributed by atoms with van der Waals surface area (Å²) in [4.78, 5) is 31.9. The van der Waals surface area contributed by atoms with E-state index in [0.29, 0.717) is 23.2 Å². The molecule has 4 aliphatic carbocycles. The van der Waals surface area contributed by atoms with Crippen LogP contribution in [0.5, 0.6) is 0 Å². The lowest BCUT2D eigenvalue weighted by Gasteiger charge is -2.59. The molecule has 1 heterocycles. The fourth-order valence-electron chi connectivity index (χ4n) is 6.47. The van der Waals surface area contributed by atoms with Crippen molar-refractivity contribution in [3.63, 3.8) is 0 Å². The monoisotopic (exact) mass is 357 g/mol. The summed E-state index contributed by atoms with van der Waals surface area (Å²) in [5.74, 6) is 3.08. The number of hydrogen-bond donors (Lipinski definition) is 2. The Bertz CT molecular complexity index is 732. The van der Waals surface area contributed by atoms with Crippen molar-refractivity contribution in [2.24, 2.45) is 23.2 Å². The number of carbonyl (C=O) groups is 1. The molecular weight excluding hydrogens is 326 g/mol. The van der Waals surface area contributed by atoms with E-state index in [1.807, 2.05) is 13.8 Å². The topological polar surface area (TPSA) is 74.8 Å². The molecule has 2 N–H and O–H groups in total. The van der Waals surface area contributed by atoms with E-state index in [4.69, 9.17) is 0 Å². The Hall–Kier alpha value is -1.65.